The van der Waals surface area contributed by atoms with Crippen molar-refractivity contribution in [1.29, 1.82) is 0 Å². The summed E-state index contributed by atoms with van der Waals surface area (Å²) < 4.78 is 19.6. The van der Waals surface area contributed by atoms with Crippen LogP contribution in [0.5, 0.6) is 17.2 Å². The van der Waals surface area contributed by atoms with Crippen molar-refractivity contribution in [3.8, 4) is 17.2 Å². The van der Waals surface area contributed by atoms with E-state index in [1.165, 1.54) is 74.6 Å². The Hall–Kier alpha value is -2.58. The van der Waals surface area contributed by atoms with Gasteiger partial charge in [0.1, 0.15) is 0 Å². The van der Waals surface area contributed by atoms with Crippen molar-refractivity contribution in [2.45, 2.75) is 97.4 Å². The molecular weight excluding hydrogens is 612 g/mol. The number of halogens is 1. The number of aryl methyl sites for hydroxylation is 1. The van der Waals surface area contributed by atoms with Gasteiger partial charge < -0.3 is 36.5 Å². The van der Waals surface area contributed by atoms with E-state index in [0.717, 1.165) is 25.1 Å². The minimum absolute atomic E-state index is 0. The molecule has 6 nitrogen and oxygen atoms in total. The Labute approximate surface area is 267 Å². The van der Waals surface area contributed by atoms with Gasteiger partial charge in [-0.05, 0) is 37.6 Å². The summed E-state index contributed by atoms with van der Waals surface area (Å²) in [7, 11) is 1.62. The number of unbranched alkanes of at least 4 members (excludes halogenated alkanes) is 11. The highest BCUT2D eigenvalue weighted by Crippen LogP contribution is 2.37. The van der Waals surface area contributed by atoms with Crippen molar-refractivity contribution in [3.05, 3.63) is 64.6 Å². The SMILES string of the molecule is CCCCCCCCCCCCCCOc1c(OC)cccc1OCC(=O)Nc1ccc(C[n+]2csc(C)c2)cc1.[Br-]. The lowest BCUT2D eigenvalue weighted by Crippen LogP contribution is -3.00. The number of nitrogens with one attached hydrogen (secondary N) is 1. The van der Waals surface area contributed by atoms with E-state index in [4.69, 9.17) is 14.2 Å². The van der Waals surface area contributed by atoms with Crippen LogP contribution in [0.15, 0.2) is 54.2 Å². The first kappa shape index (κ1) is 35.6. The fourth-order valence-electron chi connectivity index (χ4n) is 4.80. The minimum Gasteiger partial charge on any atom is -1.00 e. The number of hydrogen-bond donors (Lipinski definition) is 1. The maximum atomic E-state index is 12.6. The highest BCUT2D eigenvalue weighted by atomic mass is 79.9. The Balaban J connectivity index is 0.00000616. The quantitative estimate of drug-likeness (QED) is 0.121. The molecule has 0 aliphatic carbocycles. The Morgan fingerprint density at radius 2 is 1.45 bits per heavy atom. The van der Waals surface area contributed by atoms with Gasteiger partial charge in [-0.3, -0.25) is 4.79 Å². The molecule has 2 aromatic carbocycles. The molecule has 42 heavy (non-hydrogen) atoms. The largest absolute Gasteiger partial charge is 1.00 e. The lowest BCUT2D eigenvalue weighted by molar-refractivity contribution is -0.683. The summed E-state index contributed by atoms with van der Waals surface area (Å²) in [5.41, 5.74) is 4.02. The van der Waals surface area contributed by atoms with Gasteiger partial charge in [0.25, 0.3) is 5.91 Å². The number of rotatable bonds is 21. The van der Waals surface area contributed by atoms with Crippen LogP contribution in [-0.4, -0.2) is 26.2 Å². The van der Waals surface area contributed by atoms with Crippen LogP contribution in [0.25, 0.3) is 0 Å². The van der Waals surface area contributed by atoms with Gasteiger partial charge in [0.05, 0.1) is 18.6 Å². The van der Waals surface area contributed by atoms with E-state index < -0.39 is 0 Å². The normalized spacial score (nSPS) is 10.6. The molecule has 0 aliphatic rings. The van der Waals surface area contributed by atoms with Gasteiger partial charge in [0.15, 0.2) is 30.8 Å². The van der Waals surface area contributed by atoms with Crippen molar-refractivity contribution in [3.63, 3.8) is 0 Å². The molecule has 0 saturated heterocycles. The molecule has 0 radical (unpaired) electrons. The summed E-state index contributed by atoms with van der Waals surface area (Å²) >= 11 is 1.73. The summed E-state index contributed by atoms with van der Waals surface area (Å²) in [6.45, 7) is 5.65. The number of benzene rings is 2. The highest BCUT2D eigenvalue weighted by molar-refractivity contribution is 7.09. The van der Waals surface area contributed by atoms with E-state index in [9.17, 15) is 4.79 Å². The maximum absolute atomic E-state index is 12.6. The molecular formula is C34H49BrN2O4S. The molecule has 0 atom stereocenters. The highest BCUT2D eigenvalue weighted by Gasteiger charge is 2.14. The van der Waals surface area contributed by atoms with E-state index in [-0.39, 0.29) is 29.5 Å². The minimum atomic E-state index is -0.227. The molecule has 0 fully saturated rings. The van der Waals surface area contributed by atoms with E-state index >= 15 is 0 Å². The average molecular weight is 662 g/mol. The van der Waals surface area contributed by atoms with Crippen LogP contribution in [0.4, 0.5) is 5.69 Å². The summed E-state index contributed by atoms with van der Waals surface area (Å²) in [4.78, 5) is 13.9. The fraction of sp³-hybridized carbons (Fsp3) is 0.529. The second-order valence-electron chi connectivity index (χ2n) is 10.7. The number of methoxy groups -OCH3 is 1. The molecule has 0 spiro atoms. The van der Waals surface area contributed by atoms with Crippen LogP contribution < -0.4 is 41.1 Å². The van der Waals surface area contributed by atoms with E-state index in [1.54, 1.807) is 18.4 Å². The van der Waals surface area contributed by atoms with E-state index in [2.05, 4.69) is 35.4 Å². The Kier molecular flexibility index (Phi) is 17.9. The first-order valence-electron chi connectivity index (χ1n) is 15.3. The van der Waals surface area contributed by atoms with Crippen molar-refractivity contribution < 1.29 is 40.6 Å². The third-order valence-corrected chi connectivity index (χ3v) is 7.94. The van der Waals surface area contributed by atoms with Crippen molar-refractivity contribution >= 4 is 22.9 Å². The third kappa shape index (κ3) is 13.6. The van der Waals surface area contributed by atoms with Crippen LogP contribution in [0, 0.1) is 6.92 Å². The van der Waals surface area contributed by atoms with E-state index in [1.807, 2.05) is 42.5 Å². The van der Waals surface area contributed by atoms with Gasteiger partial charge in [-0.1, -0.05) is 107 Å². The lowest BCUT2D eigenvalue weighted by atomic mass is 10.1. The predicted octanol–water partition coefficient (Wildman–Crippen LogP) is 5.50. The molecule has 0 aliphatic heterocycles. The lowest BCUT2D eigenvalue weighted by Gasteiger charge is -2.15. The molecule has 3 rings (SSSR count). The summed E-state index contributed by atoms with van der Waals surface area (Å²) in [5, 5.41) is 2.91. The number of anilines is 1. The second-order valence-corrected chi connectivity index (χ2v) is 11.8. The topological polar surface area (TPSA) is 60.7 Å². The number of carbonyl (C=O) groups excluding carboxylic acids is 1. The Morgan fingerprint density at radius 1 is 0.833 bits per heavy atom. The number of ether oxygens (including phenoxy) is 3. The number of carbonyl (C=O) groups is 1. The molecule has 3 aromatic rings. The molecule has 0 saturated carbocycles. The second kappa shape index (κ2) is 21.2. The zero-order valence-corrected chi connectivity index (χ0v) is 28.1. The molecule has 8 heteroatoms. The summed E-state index contributed by atoms with van der Waals surface area (Å²) in [6, 6.07) is 13.4. The van der Waals surface area contributed by atoms with Crippen LogP contribution in [-0.2, 0) is 11.3 Å². The van der Waals surface area contributed by atoms with Crippen LogP contribution in [0.3, 0.4) is 0 Å². The number of aromatic nitrogens is 1. The van der Waals surface area contributed by atoms with Crippen LogP contribution >= 0.6 is 11.3 Å². The fourth-order valence-corrected chi connectivity index (χ4v) is 5.44. The van der Waals surface area contributed by atoms with Crippen LogP contribution in [0.2, 0.25) is 0 Å². The van der Waals surface area contributed by atoms with Gasteiger partial charge in [-0.15, -0.1) is 0 Å². The van der Waals surface area contributed by atoms with Crippen molar-refractivity contribution in [2.24, 2.45) is 0 Å². The molecule has 0 unspecified atom stereocenters. The Bertz CT molecular complexity index is 1150. The number of nitrogens with zero attached hydrogens (tertiary/aromatic N) is 1. The van der Waals surface area contributed by atoms with Gasteiger partial charge >= 0.3 is 0 Å². The van der Waals surface area contributed by atoms with Crippen molar-refractivity contribution in [1.82, 2.24) is 0 Å². The number of thiazole rings is 1. The first-order chi connectivity index (χ1) is 20.1. The molecule has 0 bridgehead atoms. The zero-order chi connectivity index (χ0) is 29.1. The number of para-hydroxylation sites is 1. The monoisotopic (exact) mass is 660 g/mol. The number of hydrogen-bond acceptors (Lipinski definition) is 5. The molecule has 1 N–H and O–H groups in total. The molecule has 1 heterocycles. The van der Waals surface area contributed by atoms with E-state index in [0.29, 0.717) is 23.9 Å². The average Bonchev–Trinajstić information content (AvgIpc) is 3.39. The molecule has 1 amide bonds. The molecule has 232 valence electrons. The standard InChI is InChI=1S/C34H48N2O4S.BrH/c1-4-5-6-7-8-9-10-11-12-13-14-15-23-39-34-31(38-3)17-16-18-32(34)40-26-33(37)35-30-21-19-29(20-22-30)25-36-24-28(2)41-27-36;/h16-22,24,27H,4-15,23,25-26H2,1-3H3;1H. The summed E-state index contributed by atoms with van der Waals surface area (Å²) in [6.07, 6.45) is 17.7. The van der Waals surface area contributed by atoms with Gasteiger partial charge in [0.2, 0.25) is 11.3 Å². The van der Waals surface area contributed by atoms with Gasteiger partial charge in [0, 0.05) is 11.3 Å². The smallest absolute Gasteiger partial charge is 0.262 e. The van der Waals surface area contributed by atoms with Crippen LogP contribution in [0.1, 0.15) is 94.4 Å². The zero-order valence-electron chi connectivity index (χ0n) is 25.7. The van der Waals surface area contributed by atoms with Gasteiger partial charge in [-0.2, -0.15) is 4.57 Å². The maximum Gasteiger partial charge on any atom is 0.262 e. The third-order valence-electron chi connectivity index (χ3n) is 7.09. The first-order valence-corrected chi connectivity index (χ1v) is 16.2. The van der Waals surface area contributed by atoms with Gasteiger partial charge in [-0.25, -0.2) is 0 Å². The number of amides is 1. The Morgan fingerprint density at radius 3 is 2.05 bits per heavy atom. The summed E-state index contributed by atoms with van der Waals surface area (Å²) in [5.74, 6) is 1.44. The van der Waals surface area contributed by atoms with Crippen molar-refractivity contribution in [2.75, 3.05) is 25.6 Å². The predicted molar refractivity (Wildman–Crippen MR) is 168 cm³/mol. The molecule has 1 aromatic heterocycles.